The lowest BCUT2D eigenvalue weighted by molar-refractivity contribution is 0.134. The Balaban J connectivity index is 3.28. The molecule has 15 heavy (non-hydrogen) atoms. The van der Waals surface area contributed by atoms with Gasteiger partial charge in [-0.05, 0) is 19.1 Å². The van der Waals surface area contributed by atoms with Crippen molar-refractivity contribution in [2.75, 3.05) is 7.11 Å². The summed E-state index contributed by atoms with van der Waals surface area (Å²) in [7, 11) is -2.44. The van der Waals surface area contributed by atoms with Crippen LogP contribution in [0, 0.1) is 0 Å². The van der Waals surface area contributed by atoms with E-state index in [2.05, 4.69) is 4.74 Å². The first-order valence-electron chi connectivity index (χ1n) is 4.24. The van der Waals surface area contributed by atoms with E-state index in [4.69, 9.17) is 0 Å². The van der Waals surface area contributed by atoms with Crippen LogP contribution in [0.15, 0.2) is 46.1 Å². The van der Waals surface area contributed by atoms with E-state index in [-0.39, 0.29) is 9.80 Å². The molecule has 0 saturated heterocycles. The maximum Gasteiger partial charge on any atom is 0.291 e. The van der Waals surface area contributed by atoms with E-state index in [1.165, 1.54) is 26.2 Å². The Labute approximate surface area is 88.7 Å². The minimum absolute atomic E-state index is 0.131. The number of ether oxygens (including phenoxy) is 1. The normalized spacial score (nSPS) is 13.2. The molecule has 1 N–H and O–H groups in total. The highest BCUT2D eigenvalue weighted by Gasteiger charge is 2.21. The average Bonchev–Trinajstić information content (AvgIpc) is 2.28. The van der Waals surface area contributed by atoms with Crippen LogP contribution in [0.2, 0.25) is 0 Å². The fourth-order valence-electron chi connectivity index (χ4n) is 1.04. The second-order valence-corrected chi connectivity index (χ2v) is 4.97. The average molecular weight is 228 g/mol. The molecule has 82 valence electrons. The molecule has 0 aliphatic heterocycles. The summed E-state index contributed by atoms with van der Waals surface area (Å²) >= 11 is 0. The lowest BCUT2D eigenvalue weighted by Gasteiger charge is -2.06. The summed E-state index contributed by atoms with van der Waals surface area (Å²) in [6, 6.07) is 7.87. The molecule has 0 saturated carbocycles. The van der Waals surface area contributed by atoms with Crippen molar-refractivity contribution in [3.63, 3.8) is 0 Å². The molecule has 0 fully saturated rings. The van der Waals surface area contributed by atoms with Crippen molar-refractivity contribution >= 4 is 9.84 Å². The number of methoxy groups -OCH3 is 1. The smallest absolute Gasteiger partial charge is 0.291 e. The van der Waals surface area contributed by atoms with Gasteiger partial charge >= 0.3 is 0 Å². The van der Waals surface area contributed by atoms with E-state index in [1.54, 1.807) is 18.2 Å². The highest BCUT2D eigenvalue weighted by atomic mass is 32.2. The fraction of sp³-hybridized carbons (Fsp3) is 0.200. The fourth-order valence-corrected chi connectivity index (χ4v) is 2.22. The van der Waals surface area contributed by atoms with Crippen molar-refractivity contribution in [3.05, 3.63) is 41.2 Å². The van der Waals surface area contributed by atoms with Gasteiger partial charge in [0.15, 0.2) is 0 Å². The zero-order valence-corrected chi connectivity index (χ0v) is 9.28. The number of rotatable bonds is 3. The van der Waals surface area contributed by atoms with E-state index >= 15 is 0 Å². The largest absolute Gasteiger partial charge is 0.480 e. The molecule has 0 bridgehead atoms. The number of hydrogen-bond donors (Lipinski definition) is 1. The van der Waals surface area contributed by atoms with Gasteiger partial charge in [0, 0.05) is 0 Å². The molecule has 1 aromatic carbocycles. The van der Waals surface area contributed by atoms with Crippen LogP contribution >= 0.6 is 0 Å². The van der Waals surface area contributed by atoms with Crippen molar-refractivity contribution in [1.29, 1.82) is 0 Å². The molecule has 0 radical (unpaired) electrons. The molecular weight excluding hydrogens is 216 g/mol. The third kappa shape index (κ3) is 2.30. The van der Waals surface area contributed by atoms with E-state index < -0.39 is 15.8 Å². The minimum atomic E-state index is -3.65. The second kappa shape index (κ2) is 4.35. The third-order valence-electron chi connectivity index (χ3n) is 1.95. The highest BCUT2D eigenvalue weighted by molar-refractivity contribution is 7.95. The number of sulfone groups is 1. The van der Waals surface area contributed by atoms with E-state index in [9.17, 15) is 13.5 Å². The van der Waals surface area contributed by atoms with Gasteiger partial charge in [-0.1, -0.05) is 18.2 Å². The molecule has 0 aliphatic carbocycles. The number of benzene rings is 1. The van der Waals surface area contributed by atoms with Crippen molar-refractivity contribution in [2.24, 2.45) is 0 Å². The Morgan fingerprint density at radius 2 is 1.80 bits per heavy atom. The zero-order chi connectivity index (χ0) is 11.5. The number of hydrogen-bond acceptors (Lipinski definition) is 4. The van der Waals surface area contributed by atoms with Gasteiger partial charge in [0.2, 0.25) is 9.84 Å². The lowest BCUT2D eigenvalue weighted by atomic mass is 10.4. The summed E-state index contributed by atoms with van der Waals surface area (Å²) in [5, 5.41) is 9.20. The van der Waals surface area contributed by atoms with Crippen LogP contribution in [-0.4, -0.2) is 20.6 Å². The first-order valence-corrected chi connectivity index (χ1v) is 5.72. The Kier molecular flexibility index (Phi) is 3.36. The van der Waals surface area contributed by atoms with Crippen molar-refractivity contribution in [1.82, 2.24) is 0 Å². The van der Waals surface area contributed by atoms with Crippen LogP contribution in [0.4, 0.5) is 0 Å². The monoisotopic (exact) mass is 228 g/mol. The molecule has 0 amide bonds. The second-order valence-electron chi connectivity index (χ2n) is 2.88. The molecule has 0 aliphatic rings. The van der Waals surface area contributed by atoms with E-state index in [0.29, 0.717) is 0 Å². The molecule has 4 nitrogen and oxygen atoms in total. The Morgan fingerprint density at radius 1 is 1.27 bits per heavy atom. The first kappa shape index (κ1) is 11.6. The van der Waals surface area contributed by atoms with Gasteiger partial charge < -0.3 is 9.84 Å². The van der Waals surface area contributed by atoms with Gasteiger partial charge in [-0.25, -0.2) is 8.42 Å². The van der Waals surface area contributed by atoms with E-state index in [0.717, 1.165) is 0 Å². The number of aliphatic hydroxyl groups excluding tert-OH is 1. The van der Waals surface area contributed by atoms with Crippen LogP contribution in [0.5, 0.6) is 0 Å². The summed E-state index contributed by atoms with van der Waals surface area (Å²) in [6.07, 6.45) is 0. The standard InChI is InChI=1S/C10H12O4S/c1-8(10(11)14-2)15(12,13)9-6-4-3-5-7-9/h3-7,11H,1-2H3/b10-8+. The molecule has 0 heterocycles. The molecule has 1 rings (SSSR count). The number of allylic oxidation sites excluding steroid dienone is 1. The summed E-state index contributed by atoms with van der Waals surface area (Å²) in [5.41, 5.74) is 0. The first-order chi connectivity index (χ1) is 7.00. The third-order valence-corrected chi connectivity index (χ3v) is 3.82. The SMILES string of the molecule is CO/C(O)=C(\C)S(=O)(=O)c1ccccc1. The Bertz CT molecular complexity index is 459. The van der Waals surface area contributed by atoms with Gasteiger partial charge in [-0.3, -0.25) is 0 Å². The molecular formula is C10H12O4S. The predicted octanol–water partition coefficient (Wildman–Crippen LogP) is 1.85. The Hall–Kier alpha value is -1.49. The van der Waals surface area contributed by atoms with Crippen LogP contribution in [0.1, 0.15) is 6.92 Å². The molecule has 5 heteroatoms. The van der Waals surface area contributed by atoms with Gasteiger partial charge in [0.25, 0.3) is 5.95 Å². The summed E-state index contributed by atoms with van der Waals surface area (Å²) in [5.74, 6) is -0.584. The highest BCUT2D eigenvalue weighted by Crippen LogP contribution is 2.20. The zero-order valence-electron chi connectivity index (χ0n) is 8.47. The van der Waals surface area contributed by atoms with Crippen molar-refractivity contribution < 1.29 is 18.3 Å². The minimum Gasteiger partial charge on any atom is -0.480 e. The molecule has 0 unspecified atom stereocenters. The van der Waals surface area contributed by atoms with E-state index in [1.807, 2.05) is 0 Å². The summed E-state index contributed by atoms with van der Waals surface area (Å²) in [4.78, 5) is -0.0673. The number of aliphatic hydroxyl groups is 1. The van der Waals surface area contributed by atoms with Gasteiger partial charge in [0.1, 0.15) is 4.91 Å². The van der Waals surface area contributed by atoms with Crippen LogP contribution < -0.4 is 0 Å². The molecule has 0 aromatic heterocycles. The van der Waals surface area contributed by atoms with Crippen molar-refractivity contribution in [2.45, 2.75) is 11.8 Å². The molecule has 0 spiro atoms. The predicted molar refractivity (Wildman–Crippen MR) is 56.0 cm³/mol. The lowest BCUT2D eigenvalue weighted by Crippen LogP contribution is -2.06. The summed E-state index contributed by atoms with van der Waals surface area (Å²) < 4.78 is 28.1. The Morgan fingerprint density at radius 3 is 2.27 bits per heavy atom. The molecule has 0 atom stereocenters. The van der Waals surface area contributed by atoms with Gasteiger partial charge in [0.05, 0.1) is 12.0 Å². The van der Waals surface area contributed by atoms with Crippen LogP contribution in [-0.2, 0) is 14.6 Å². The van der Waals surface area contributed by atoms with Crippen molar-refractivity contribution in [3.8, 4) is 0 Å². The topological polar surface area (TPSA) is 63.6 Å². The quantitative estimate of drug-likeness (QED) is 0.802. The van der Waals surface area contributed by atoms with Crippen LogP contribution in [0.3, 0.4) is 0 Å². The van der Waals surface area contributed by atoms with Crippen LogP contribution in [0.25, 0.3) is 0 Å². The molecule has 1 aromatic rings. The summed E-state index contributed by atoms with van der Waals surface area (Å²) in [6.45, 7) is 1.29. The maximum absolute atomic E-state index is 11.8. The van der Waals surface area contributed by atoms with Gasteiger partial charge in [-0.2, -0.15) is 0 Å². The maximum atomic E-state index is 11.8. The van der Waals surface area contributed by atoms with Gasteiger partial charge in [-0.15, -0.1) is 0 Å².